The van der Waals surface area contributed by atoms with Crippen LogP contribution in [0.25, 0.3) is 0 Å². The van der Waals surface area contributed by atoms with Gasteiger partial charge in [-0.05, 0) is 67.1 Å². The monoisotopic (exact) mass is 392 g/mol. The number of benzene rings is 3. The van der Waals surface area contributed by atoms with Crippen LogP contribution in [0.15, 0.2) is 65.6 Å². The number of sulfonamides is 1. The summed E-state index contributed by atoms with van der Waals surface area (Å²) in [6.07, 6.45) is 0. The molecular weight excluding hydrogens is 377 g/mol. The molecule has 3 aromatic rings. The summed E-state index contributed by atoms with van der Waals surface area (Å²) in [5.41, 5.74) is 1.43. The first-order chi connectivity index (χ1) is 12.7. The highest BCUT2D eigenvalue weighted by atomic mass is 32.2. The highest BCUT2D eigenvalue weighted by molar-refractivity contribution is 7.92. The maximum Gasteiger partial charge on any atom is 0.261 e. The lowest BCUT2D eigenvalue weighted by molar-refractivity contribution is 0.509. The summed E-state index contributed by atoms with van der Waals surface area (Å²) in [7, 11) is -3.86. The molecule has 0 unspecified atom stereocenters. The third-order valence-electron chi connectivity index (χ3n) is 3.79. The van der Waals surface area contributed by atoms with E-state index in [4.69, 9.17) is 0 Å². The molecule has 2 N–H and O–H groups in total. The summed E-state index contributed by atoms with van der Waals surface area (Å²) in [6, 6.07) is 13.1. The fourth-order valence-electron chi connectivity index (χ4n) is 2.36. The molecule has 0 saturated carbocycles. The smallest absolute Gasteiger partial charge is 0.261 e. The van der Waals surface area contributed by atoms with Crippen molar-refractivity contribution in [2.75, 3.05) is 10.0 Å². The first kappa shape index (κ1) is 18.8. The lowest BCUT2D eigenvalue weighted by Crippen LogP contribution is -2.13. The minimum absolute atomic E-state index is 0.0506. The summed E-state index contributed by atoms with van der Waals surface area (Å²) >= 11 is 0. The lowest BCUT2D eigenvalue weighted by Gasteiger charge is -2.11. The summed E-state index contributed by atoms with van der Waals surface area (Å²) < 4.78 is 66.7. The standard InChI is InChI=1S/C19H15F3N2O2S/c1-12-10-16(7-9-17(12)20)27(25,26)24-14-4-2-13(3-5-14)23-15-6-8-18(21)19(22)11-15/h2-11,23-24H,1H3. The zero-order valence-electron chi connectivity index (χ0n) is 14.1. The van der Waals surface area contributed by atoms with E-state index < -0.39 is 27.5 Å². The summed E-state index contributed by atoms with van der Waals surface area (Å²) in [5.74, 6) is -2.40. The molecule has 0 heterocycles. The molecule has 140 valence electrons. The quantitative estimate of drug-likeness (QED) is 0.645. The minimum atomic E-state index is -3.86. The van der Waals surface area contributed by atoms with Crippen LogP contribution in [0, 0.1) is 24.4 Å². The first-order valence-corrected chi connectivity index (χ1v) is 9.34. The predicted molar refractivity (Wildman–Crippen MR) is 98.0 cm³/mol. The Bertz CT molecular complexity index is 1080. The van der Waals surface area contributed by atoms with Crippen LogP contribution in [0.2, 0.25) is 0 Å². The highest BCUT2D eigenvalue weighted by Crippen LogP contribution is 2.23. The number of rotatable bonds is 5. The van der Waals surface area contributed by atoms with E-state index in [9.17, 15) is 21.6 Å². The van der Waals surface area contributed by atoms with Crippen molar-refractivity contribution >= 4 is 27.1 Å². The van der Waals surface area contributed by atoms with Gasteiger partial charge in [0.25, 0.3) is 10.0 Å². The zero-order valence-corrected chi connectivity index (χ0v) is 14.9. The Kier molecular flexibility index (Phi) is 5.09. The Morgan fingerprint density at radius 2 is 1.30 bits per heavy atom. The van der Waals surface area contributed by atoms with Crippen molar-refractivity contribution in [2.45, 2.75) is 11.8 Å². The van der Waals surface area contributed by atoms with Crippen LogP contribution in [-0.4, -0.2) is 8.42 Å². The number of hydrogen-bond acceptors (Lipinski definition) is 3. The minimum Gasteiger partial charge on any atom is -0.355 e. The zero-order chi connectivity index (χ0) is 19.6. The Hall–Kier alpha value is -3.00. The van der Waals surface area contributed by atoms with Crippen molar-refractivity contribution in [3.63, 3.8) is 0 Å². The van der Waals surface area contributed by atoms with Gasteiger partial charge in [-0.1, -0.05) is 0 Å². The molecule has 0 aromatic heterocycles. The third-order valence-corrected chi connectivity index (χ3v) is 5.16. The Balaban J connectivity index is 1.74. The van der Waals surface area contributed by atoms with Crippen molar-refractivity contribution in [1.82, 2.24) is 0 Å². The van der Waals surface area contributed by atoms with Crippen LogP contribution < -0.4 is 10.0 Å². The molecular formula is C19H15F3N2O2S. The van der Waals surface area contributed by atoms with Gasteiger partial charge in [-0.25, -0.2) is 21.6 Å². The van der Waals surface area contributed by atoms with Gasteiger partial charge in [-0.3, -0.25) is 4.72 Å². The second-order valence-corrected chi connectivity index (χ2v) is 7.53. The van der Waals surface area contributed by atoms with Crippen LogP contribution in [0.3, 0.4) is 0 Å². The Morgan fingerprint density at radius 1 is 0.704 bits per heavy atom. The lowest BCUT2D eigenvalue weighted by atomic mass is 10.2. The average molecular weight is 392 g/mol. The summed E-state index contributed by atoms with van der Waals surface area (Å²) in [4.78, 5) is -0.0506. The molecule has 27 heavy (non-hydrogen) atoms. The van der Waals surface area contributed by atoms with Gasteiger partial charge in [-0.2, -0.15) is 0 Å². The molecule has 0 bridgehead atoms. The van der Waals surface area contributed by atoms with Crippen LogP contribution in [0.5, 0.6) is 0 Å². The van der Waals surface area contributed by atoms with Crippen molar-refractivity contribution in [2.24, 2.45) is 0 Å². The average Bonchev–Trinajstić information content (AvgIpc) is 2.62. The molecule has 0 aliphatic carbocycles. The maximum absolute atomic E-state index is 13.3. The molecule has 0 fully saturated rings. The van der Waals surface area contributed by atoms with E-state index >= 15 is 0 Å². The van der Waals surface area contributed by atoms with E-state index in [0.717, 1.165) is 18.2 Å². The number of aryl methyl sites for hydroxylation is 1. The fourth-order valence-corrected chi connectivity index (χ4v) is 3.50. The Labute approximate surface area is 154 Å². The van der Waals surface area contributed by atoms with Crippen molar-refractivity contribution < 1.29 is 21.6 Å². The molecule has 0 radical (unpaired) electrons. The maximum atomic E-state index is 13.3. The van der Waals surface area contributed by atoms with E-state index in [1.165, 1.54) is 37.3 Å². The van der Waals surface area contributed by atoms with Gasteiger partial charge in [-0.15, -0.1) is 0 Å². The second kappa shape index (κ2) is 7.32. The molecule has 0 spiro atoms. The number of hydrogen-bond donors (Lipinski definition) is 2. The van der Waals surface area contributed by atoms with Crippen molar-refractivity contribution in [3.05, 3.63) is 83.7 Å². The molecule has 0 saturated heterocycles. The van der Waals surface area contributed by atoms with Gasteiger partial charge in [0.2, 0.25) is 0 Å². The van der Waals surface area contributed by atoms with Crippen molar-refractivity contribution in [3.8, 4) is 0 Å². The van der Waals surface area contributed by atoms with Crippen LogP contribution >= 0.6 is 0 Å². The summed E-state index contributed by atoms with van der Waals surface area (Å²) in [6.45, 7) is 1.48. The van der Waals surface area contributed by atoms with Crippen molar-refractivity contribution in [1.29, 1.82) is 0 Å². The molecule has 3 rings (SSSR count). The normalized spacial score (nSPS) is 11.3. The molecule has 8 heteroatoms. The van der Waals surface area contributed by atoms with Crippen LogP contribution in [0.4, 0.5) is 30.2 Å². The number of anilines is 3. The van der Waals surface area contributed by atoms with Crippen LogP contribution in [-0.2, 0) is 10.0 Å². The molecule has 4 nitrogen and oxygen atoms in total. The largest absolute Gasteiger partial charge is 0.355 e. The van der Waals surface area contributed by atoms with Gasteiger partial charge >= 0.3 is 0 Å². The molecule has 0 aliphatic rings. The molecule has 0 aliphatic heterocycles. The second-order valence-electron chi connectivity index (χ2n) is 5.85. The van der Waals surface area contributed by atoms with E-state index in [1.807, 2.05) is 0 Å². The van der Waals surface area contributed by atoms with E-state index in [-0.39, 0.29) is 10.5 Å². The van der Waals surface area contributed by atoms with Crippen LogP contribution in [0.1, 0.15) is 5.56 Å². The van der Waals surface area contributed by atoms with Gasteiger partial charge in [0.15, 0.2) is 11.6 Å². The van der Waals surface area contributed by atoms with Gasteiger partial charge in [0, 0.05) is 23.1 Å². The van der Waals surface area contributed by atoms with Gasteiger partial charge in [0.05, 0.1) is 4.90 Å². The van der Waals surface area contributed by atoms with E-state index in [2.05, 4.69) is 10.0 Å². The van der Waals surface area contributed by atoms with Gasteiger partial charge < -0.3 is 5.32 Å². The topological polar surface area (TPSA) is 58.2 Å². The fraction of sp³-hybridized carbons (Fsp3) is 0.0526. The highest BCUT2D eigenvalue weighted by Gasteiger charge is 2.15. The Morgan fingerprint density at radius 3 is 1.93 bits per heavy atom. The summed E-state index contributed by atoms with van der Waals surface area (Å²) in [5, 5.41) is 2.88. The number of nitrogens with one attached hydrogen (secondary N) is 2. The SMILES string of the molecule is Cc1cc(S(=O)(=O)Nc2ccc(Nc3ccc(F)c(F)c3)cc2)ccc1F. The molecule has 0 amide bonds. The molecule has 3 aromatic carbocycles. The number of halogens is 3. The van der Waals surface area contributed by atoms with E-state index in [0.29, 0.717) is 17.1 Å². The van der Waals surface area contributed by atoms with Gasteiger partial charge in [0.1, 0.15) is 5.82 Å². The molecule has 0 atom stereocenters. The predicted octanol–water partition coefficient (Wildman–Crippen LogP) is 4.96. The van der Waals surface area contributed by atoms with E-state index in [1.54, 1.807) is 12.1 Å². The first-order valence-electron chi connectivity index (χ1n) is 7.86. The third kappa shape index (κ3) is 4.40.